The van der Waals surface area contributed by atoms with E-state index in [1.165, 1.54) is 16.5 Å². The second kappa shape index (κ2) is 6.46. The van der Waals surface area contributed by atoms with E-state index in [4.69, 9.17) is 5.73 Å². The molecule has 3 heteroatoms. The Bertz CT molecular complexity index is 704. The number of hydrogen-bond donors (Lipinski definition) is 1. The first-order chi connectivity index (χ1) is 10.3. The lowest BCUT2D eigenvalue weighted by Crippen LogP contribution is -2.23. The average Bonchev–Trinajstić information content (AvgIpc) is 2.54. The molecule has 0 aliphatic carbocycles. The number of fused-ring (bicyclic) bond motifs is 1. The summed E-state index contributed by atoms with van der Waals surface area (Å²) in [6.45, 7) is 0. The predicted molar refractivity (Wildman–Crippen MR) is 86.0 cm³/mol. The molecule has 0 aliphatic rings. The Labute approximate surface area is 124 Å². The van der Waals surface area contributed by atoms with E-state index < -0.39 is 0 Å². The first kappa shape index (κ1) is 13.7. The molecule has 3 aromatic rings. The van der Waals surface area contributed by atoms with Gasteiger partial charge < -0.3 is 5.73 Å². The molecule has 0 amide bonds. The van der Waals surface area contributed by atoms with Crippen LogP contribution in [0.2, 0.25) is 0 Å². The number of para-hydroxylation sites is 1. The molecule has 3 nitrogen and oxygen atoms in total. The smallest absolute Gasteiger partial charge is 0.0704 e. The summed E-state index contributed by atoms with van der Waals surface area (Å²) in [6.07, 6.45) is 8.38. The maximum Gasteiger partial charge on any atom is 0.0704 e. The molecule has 0 saturated carbocycles. The Morgan fingerprint density at radius 2 is 1.76 bits per heavy atom. The van der Waals surface area contributed by atoms with Crippen LogP contribution in [0.15, 0.2) is 61.1 Å². The number of hydrogen-bond acceptors (Lipinski definition) is 3. The van der Waals surface area contributed by atoms with Crippen molar-refractivity contribution in [2.24, 2.45) is 5.73 Å². The highest BCUT2D eigenvalue weighted by atomic mass is 14.7. The molecule has 2 heterocycles. The molecule has 3 rings (SSSR count). The fourth-order valence-electron chi connectivity index (χ4n) is 2.62. The Morgan fingerprint density at radius 1 is 0.952 bits per heavy atom. The third-order valence-electron chi connectivity index (χ3n) is 3.77. The van der Waals surface area contributed by atoms with E-state index in [9.17, 15) is 0 Å². The highest BCUT2D eigenvalue weighted by Gasteiger charge is 2.08. The van der Waals surface area contributed by atoms with Crippen LogP contribution in [0.4, 0.5) is 0 Å². The molecule has 106 valence electrons. The van der Waals surface area contributed by atoms with E-state index in [1.54, 1.807) is 0 Å². The van der Waals surface area contributed by atoms with Crippen molar-refractivity contribution in [2.75, 3.05) is 0 Å². The van der Waals surface area contributed by atoms with Crippen molar-refractivity contribution in [3.05, 3.63) is 72.2 Å². The monoisotopic (exact) mass is 277 g/mol. The fourth-order valence-corrected chi connectivity index (χ4v) is 2.62. The van der Waals surface area contributed by atoms with Gasteiger partial charge in [0.05, 0.1) is 5.52 Å². The quantitative estimate of drug-likeness (QED) is 0.779. The van der Waals surface area contributed by atoms with E-state index in [0.717, 1.165) is 24.8 Å². The summed E-state index contributed by atoms with van der Waals surface area (Å²) < 4.78 is 0. The molecule has 0 radical (unpaired) electrons. The number of aromatic nitrogens is 2. The Balaban J connectivity index is 1.67. The van der Waals surface area contributed by atoms with Crippen molar-refractivity contribution >= 4 is 10.9 Å². The molecular formula is C18H19N3. The number of rotatable bonds is 5. The molecule has 0 aliphatic heterocycles. The van der Waals surface area contributed by atoms with Crippen LogP contribution >= 0.6 is 0 Å². The highest BCUT2D eigenvalue weighted by molar-refractivity contribution is 5.81. The van der Waals surface area contributed by atoms with E-state index >= 15 is 0 Å². The summed E-state index contributed by atoms with van der Waals surface area (Å²) in [5.41, 5.74) is 9.92. The summed E-state index contributed by atoms with van der Waals surface area (Å²) in [7, 11) is 0. The zero-order chi connectivity index (χ0) is 14.5. The van der Waals surface area contributed by atoms with Crippen molar-refractivity contribution in [1.82, 2.24) is 9.97 Å². The van der Waals surface area contributed by atoms with Crippen LogP contribution in [-0.4, -0.2) is 16.0 Å². The zero-order valence-corrected chi connectivity index (χ0v) is 11.9. The minimum absolute atomic E-state index is 0.156. The second-order valence-electron chi connectivity index (χ2n) is 5.35. The van der Waals surface area contributed by atoms with Gasteiger partial charge in [0.2, 0.25) is 0 Å². The number of aryl methyl sites for hydroxylation is 1. The largest absolute Gasteiger partial charge is 0.327 e. The van der Waals surface area contributed by atoms with Gasteiger partial charge in [-0.15, -0.1) is 0 Å². The Kier molecular flexibility index (Phi) is 4.22. The van der Waals surface area contributed by atoms with Crippen LogP contribution in [-0.2, 0) is 12.8 Å². The number of pyridine rings is 2. The van der Waals surface area contributed by atoms with Crippen molar-refractivity contribution in [1.29, 1.82) is 0 Å². The molecular weight excluding hydrogens is 258 g/mol. The van der Waals surface area contributed by atoms with Crippen molar-refractivity contribution < 1.29 is 0 Å². The predicted octanol–water partition coefficient (Wildman–Crippen LogP) is 3.13. The molecule has 0 fully saturated rings. The standard InChI is InChI=1S/C18H19N3/c19-16(6-5-14-7-10-20-11-8-14)13-15-9-12-21-18-4-2-1-3-17(15)18/h1-4,7-12,16H,5-6,13,19H2. The van der Waals surface area contributed by atoms with Crippen molar-refractivity contribution in [2.45, 2.75) is 25.3 Å². The molecule has 1 unspecified atom stereocenters. The Morgan fingerprint density at radius 3 is 2.62 bits per heavy atom. The molecule has 1 aromatic carbocycles. The molecule has 21 heavy (non-hydrogen) atoms. The molecule has 1 atom stereocenters. The van der Waals surface area contributed by atoms with Crippen LogP contribution in [0, 0.1) is 0 Å². The van der Waals surface area contributed by atoms with Crippen LogP contribution in [0.25, 0.3) is 10.9 Å². The van der Waals surface area contributed by atoms with Gasteiger partial charge in [0, 0.05) is 30.0 Å². The summed E-state index contributed by atoms with van der Waals surface area (Å²) in [4.78, 5) is 8.43. The normalized spacial score (nSPS) is 12.4. The lowest BCUT2D eigenvalue weighted by Gasteiger charge is -2.13. The number of nitrogens with zero attached hydrogens (tertiary/aromatic N) is 2. The van der Waals surface area contributed by atoms with Gasteiger partial charge >= 0.3 is 0 Å². The summed E-state index contributed by atoms with van der Waals surface area (Å²) in [5, 5.41) is 1.21. The third kappa shape index (κ3) is 3.44. The summed E-state index contributed by atoms with van der Waals surface area (Å²) in [5.74, 6) is 0. The fraction of sp³-hybridized carbons (Fsp3) is 0.222. The molecule has 0 spiro atoms. The van der Waals surface area contributed by atoms with Gasteiger partial charge in [-0.2, -0.15) is 0 Å². The van der Waals surface area contributed by atoms with Gasteiger partial charge in [-0.25, -0.2) is 0 Å². The van der Waals surface area contributed by atoms with Crippen LogP contribution < -0.4 is 5.73 Å². The maximum atomic E-state index is 6.31. The highest BCUT2D eigenvalue weighted by Crippen LogP contribution is 2.18. The zero-order valence-electron chi connectivity index (χ0n) is 11.9. The molecule has 0 saturated heterocycles. The molecule has 0 bridgehead atoms. The van der Waals surface area contributed by atoms with E-state index in [1.807, 2.05) is 30.7 Å². The Hall–Kier alpha value is -2.26. The van der Waals surface area contributed by atoms with Gasteiger partial charge in [0.1, 0.15) is 0 Å². The van der Waals surface area contributed by atoms with Crippen LogP contribution in [0.5, 0.6) is 0 Å². The molecule has 2 N–H and O–H groups in total. The lowest BCUT2D eigenvalue weighted by molar-refractivity contribution is 0.612. The number of nitrogens with two attached hydrogens (primary N) is 1. The van der Waals surface area contributed by atoms with Crippen molar-refractivity contribution in [3.63, 3.8) is 0 Å². The SMILES string of the molecule is NC(CCc1ccncc1)Cc1ccnc2ccccc12. The van der Waals surface area contributed by atoms with Gasteiger partial charge in [0.25, 0.3) is 0 Å². The summed E-state index contributed by atoms with van der Waals surface area (Å²) in [6, 6.07) is 14.6. The second-order valence-corrected chi connectivity index (χ2v) is 5.35. The number of benzene rings is 1. The first-order valence-corrected chi connectivity index (χ1v) is 7.30. The maximum absolute atomic E-state index is 6.31. The third-order valence-corrected chi connectivity index (χ3v) is 3.77. The van der Waals surface area contributed by atoms with Gasteiger partial charge in [0.15, 0.2) is 0 Å². The minimum atomic E-state index is 0.156. The van der Waals surface area contributed by atoms with Gasteiger partial charge in [-0.1, -0.05) is 18.2 Å². The van der Waals surface area contributed by atoms with Crippen molar-refractivity contribution in [3.8, 4) is 0 Å². The van der Waals surface area contributed by atoms with Crippen LogP contribution in [0.3, 0.4) is 0 Å². The summed E-state index contributed by atoms with van der Waals surface area (Å²) >= 11 is 0. The lowest BCUT2D eigenvalue weighted by atomic mass is 9.98. The van der Waals surface area contributed by atoms with Gasteiger partial charge in [-0.3, -0.25) is 9.97 Å². The van der Waals surface area contributed by atoms with Crippen LogP contribution in [0.1, 0.15) is 17.5 Å². The van der Waals surface area contributed by atoms with Gasteiger partial charge in [-0.05, 0) is 54.7 Å². The first-order valence-electron chi connectivity index (χ1n) is 7.30. The van der Waals surface area contributed by atoms with E-state index in [2.05, 4.69) is 40.3 Å². The topological polar surface area (TPSA) is 51.8 Å². The van der Waals surface area contributed by atoms with E-state index in [-0.39, 0.29) is 6.04 Å². The average molecular weight is 277 g/mol. The minimum Gasteiger partial charge on any atom is -0.327 e. The van der Waals surface area contributed by atoms with E-state index in [0.29, 0.717) is 0 Å². The molecule has 2 aromatic heterocycles.